The minimum atomic E-state index is -2.53. The lowest BCUT2D eigenvalue weighted by Crippen LogP contribution is -2.38. The first-order valence-electron chi connectivity index (χ1n) is 17.1. The van der Waals surface area contributed by atoms with E-state index in [1.807, 2.05) is 0 Å². The fraction of sp³-hybridized carbons (Fsp3) is 0.676. The summed E-state index contributed by atoms with van der Waals surface area (Å²) in [6.45, 7) is 11.3. The first-order chi connectivity index (χ1) is 19.9. The first kappa shape index (κ1) is 34.2. The minimum Gasteiger partial charge on any atom is -0.328 e. The molecule has 0 amide bonds. The largest absolute Gasteiger partial charge is 0.328 e. The molecule has 0 saturated heterocycles. The van der Waals surface area contributed by atoms with Crippen molar-refractivity contribution in [2.24, 2.45) is 0 Å². The van der Waals surface area contributed by atoms with E-state index >= 15 is 0 Å². The number of fused-ring (bicyclic) bond motifs is 2. The molecule has 2 aromatic carbocycles. The van der Waals surface area contributed by atoms with E-state index in [2.05, 4.69) is 58.9 Å². The molecule has 41 heavy (non-hydrogen) atoms. The molecule has 0 fully saturated rings. The van der Waals surface area contributed by atoms with Crippen molar-refractivity contribution in [1.82, 2.24) is 0 Å². The topological polar surface area (TPSA) is 49.7 Å². The van der Waals surface area contributed by atoms with Crippen LogP contribution >= 0.6 is 8.60 Å². The SMILES string of the molecule is CCCCCCCC1(OP(O)O)c2c(CCCC)cc(CCCC)cc2Cc2cc(CCCC)cc(CCCC)c21. The summed E-state index contributed by atoms with van der Waals surface area (Å²) in [7, 11) is -2.53. The maximum atomic E-state index is 10.6. The van der Waals surface area contributed by atoms with Crippen molar-refractivity contribution < 1.29 is 14.3 Å². The van der Waals surface area contributed by atoms with Gasteiger partial charge in [0.2, 0.25) is 0 Å². The van der Waals surface area contributed by atoms with Crippen molar-refractivity contribution >= 4 is 8.60 Å². The van der Waals surface area contributed by atoms with Gasteiger partial charge in [-0.2, -0.15) is 0 Å². The van der Waals surface area contributed by atoms with Gasteiger partial charge in [-0.05, 0) is 115 Å². The Kier molecular flexibility index (Phi) is 14.8. The van der Waals surface area contributed by atoms with Crippen molar-refractivity contribution in [2.45, 2.75) is 162 Å². The van der Waals surface area contributed by atoms with Gasteiger partial charge in [0.15, 0.2) is 0 Å². The molecule has 230 valence electrons. The van der Waals surface area contributed by atoms with Gasteiger partial charge in [0, 0.05) is 0 Å². The predicted molar refractivity (Wildman–Crippen MR) is 177 cm³/mol. The normalized spacial score (nSPS) is 14.0. The van der Waals surface area contributed by atoms with Crippen LogP contribution in [0.15, 0.2) is 24.3 Å². The zero-order valence-electron chi connectivity index (χ0n) is 27.0. The third-order valence-electron chi connectivity index (χ3n) is 9.02. The summed E-state index contributed by atoms with van der Waals surface area (Å²) >= 11 is 0. The van der Waals surface area contributed by atoms with Crippen molar-refractivity contribution in [3.05, 3.63) is 68.8 Å². The van der Waals surface area contributed by atoms with Crippen LogP contribution in [-0.4, -0.2) is 9.79 Å². The molecule has 0 aromatic heterocycles. The molecule has 4 heteroatoms. The van der Waals surface area contributed by atoms with Crippen LogP contribution < -0.4 is 0 Å². The summed E-state index contributed by atoms with van der Waals surface area (Å²) in [6.07, 6.45) is 21.1. The molecule has 0 unspecified atom stereocenters. The van der Waals surface area contributed by atoms with Crippen LogP contribution in [0.4, 0.5) is 0 Å². The maximum Gasteiger partial charge on any atom is 0.328 e. The molecule has 0 radical (unpaired) electrons. The van der Waals surface area contributed by atoms with Gasteiger partial charge in [0.1, 0.15) is 5.60 Å². The lowest BCUT2D eigenvalue weighted by molar-refractivity contribution is 0.0736. The van der Waals surface area contributed by atoms with Crippen LogP contribution in [-0.2, 0) is 42.2 Å². The lowest BCUT2D eigenvalue weighted by atomic mass is 9.67. The third-order valence-corrected chi connectivity index (χ3v) is 9.49. The molecule has 3 rings (SSSR count). The number of benzene rings is 2. The van der Waals surface area contributed by atoms with Gasteiger partial charge in [-0.1, -0.05) is 110 Å². The Morgan fingerprint density at radius 3 is 1.46 bits per heavy atom. The van der Waals surface area contributed by atoms with E-state index in [9.17, 15) is 9.79 Å². The highest BCUT2D eigenvalue weighted by Gasteiger charge is 2.46. The summed E-state index contributed by atoms with van der Waals surface area (Å²) in [4.78, 5) is 21.3. The second kappa shape index (κ2) is 17.8. The van der Waals surface area contributed by atoms with Gasteiger partial charge >= 0.3 is 8.60 Å². The van der Waals surface area contributed by atoms with Crippen molar-refractivity contribution in [2.75, 3.05) is 0 Å². The molecule has 0 heterocycles. The van der Waals surface area contributed by atoms with Crippen LogP contribution in [0.1, 0.15) is 169 Å². The maximum absolute atomic E-state index is 10.6. The molecule has 0 spiro atoms. The molecule has 2 N–H and O–H groups in total. The molecule has 0 aliphatic heterocycles. The van der Waals surface area contributed by atoms with Crippen molar-refractivity contribution in [1.29, 1.82) is 0 Å². The Morgan fingerprint density at radius 2 is 1.02 bits per heavy atom. The number of aryl methyl sites for hydroxylation is 4. The first-order valence-corrected chi connectivity index (χ1v) is 18.3. The standard InChI is InChI=1S/C37H59O3P/c1-6-11-16-17-18-23-37(40-41(38)39)35-31(21-14-9-4)24-29(19-12-7-2)26-33(35)28-34-27-30(20-13-8-3)25-32(36(34)37)22-15-10-5/h24-27,38-39H,6-23,28H2,1-5H3. The summed E-state index contributed by atoms with van der Waals surface area (Å²) in [6, 6.07) is 9.78. The summed E-state index contributed by atoms with van der Waals surface area (Å²) in [5, 5.41) is 0. The highest BCUT2D eigenvalue weighted by molar-refractivity contribution is 7.39. The Bertz CT molecular complexity index is 991. The van der Waals surface area contributed by atoms with Gasteiger partial charge in [0.25, 0.3) is 0 Å². The number of hydrogen-bond donors (Lipinski definition) is 2. The molecule has 0 saturated carbocycles. The monoisotopic (exact) mass is 582 g/mol. The van der Waals surface area contributed by atoms with Crippen LogP contribution in [0.25, 0.3) is 0 Å². The van der Waals surface area contributed by atoms with E-state index in [1.54, 1.807) is 0 Å². The second-order valence-electron chi connectivity index (χ2n) is 12.5. The fourth-order valence-corrected chi connectivity index (χ4v) is 7.56. The minimum absolute atomic E-state index is 0.803. The van der Waals surface area contributed by atoms with Crippen molar-refractivity contribution in [3.8, 4) is 0 Å². The molecular formula is C37H59O3P. The smallest absolute Gasteiger partial charge is 0.328 e. The van der Waals surface area contributed by atoms with Crippen LogP contribution in [0, 0.1) is 0 Å². The molecule has 3 nitrogen and oxygen atoms in total. The Hall–Kier alpha value is -1.25. The van der Waals surface area contributed by atoms with Gasteiger partial charge in [-0.15, -0.1) is 0 Å². The van der Waals surface area contributed by atoms with Crippen LogP contribution in [0.5, 0.6) is 0 Å². The molecular weight excluding hydrogens is 523 g/mol. The number of rotatable bonds is 20. The molecule has 2 aromatic rings. The van der Waals surface area contributed by atoms with Gasteiger partial charge in [-0.3, -0.25) is 4.52 Å². The highest BCUT2D eigenvalue weighted by Crippen LogP contribution is 2.54. The second-order valence-corrected chi connectivity index (χ2v) is 13.2. The Balaban J connectivity index is 2.30. The number of unbranched alkanes of at least 4 members (excludes halogenated alkanes) is 8. The molecule has 1 aliphatic rings. The highest BCUT2D eigenvalue weighted by atomic mass is 31.2. The van der Waals surface area contributed by atoms with E-state index < -0.39 is 14.2 Å². The van der Waals surface area contributed by atoms with E-state index in [0.717, 1.165) is 77.0 Å². The molecule has 1 aliphatic carbocycles. The van der Waals surface area contributed by atoms with E-state index in [1.165, 1.54) is 89.5 Å². The van der Waals surface area contributed by atoms with E-state index in [4.69, 9.17) is 4.52 Å². The predicted octanol–water partition coefficient (Wildman–Crippen LogP) is 10.8. The summed E-state index contributed by atoms with van der Waals surface area (Å²) in [5.41, 5.74) is 10.1. The molecule has 0 atom stereocenters. The van der Waals surface area contributed by atoms with Crippen LogP contribution in [0.2, 0.25) is 0 Å². The Labute approximate surface area is 253 Å². The van der Waals surface area contributed by atoms with Gasteiger partial charge in [-0.25, -0.2) is 0 Å². The van der Waals surface area contributed by atoms with Gasteiger partial charge in [0.05, 0.1) is 0 Å². The molecule has 0 bridgehead atoms. The van der Waals surface area contributed by atoms with E-state index in [0.29, 0.717) is 0 Å². The van der Waals surface area contributed by atoms with E-state index in [-0.39, 0.29) is 0 Å². The van der Waals surface area contributed by atoms with Crippen LogP contribution in [0.3, 0.4) is 0 Å². The zero-order chi connectivity index (χ0) is 29.7. The lowest BCUT2D eigenvalue weighted by Gasteiger charge is -2.44. The average molecular weight is 583 g/mol. The number of hydrogen-bond acceptors (Lipinski definition) is 3. The third kappa shape index (κ3) is 9.12. The average Bonchev–Trinajstić information content (AvgIpc) is 2.95. The fourth-order valence-electron chi connectivity index (χ4n) is 7.01. The quantitative estimate of drug-likeness (QED) is 0.121. The summed E-state index contributed by atoms with van der Waals surface area (Å²) in [5.74, 6) is 0. The van der Waals surface area contributed by atoms with Gasteiger partial charge < -0.3 is 9.79 Å². The zero-order valence-corrected chi connectivity index (χ0v) is 27.9. The summed E-state index contributed by atoms with van der Waals surface area (Å²) < 4.78 is 6.60. The Morgan fingerprint density at radius 1 is 0.585 bits per heavy atom. The van der Waals surface area contributed by atoms with Crippen molar-refractivity contribution in [3.63, 3.8) is 0 Å².